The maximum absolute atomic E-state index is 14.2. The number of hydrogen-bond donors (Lipinski definition) is 2. The molecular weight excluding hydrogens is 428 g/mol. The predicted molar refractivity (Wildman–Crippen MR) is 118 cm³/mol. The van der Waals surface area contributed by atoms with E-state index in [1.54, 1.807) is 12.3 Å². The van der Waals surface area contributed by atoms with E-state index in [1.807, 2.05) is 0 Å². The lowest BCUT2D eigenvalue weighted by Gasteiger charge is -2.33. The van der Waals surface area contributed by atoms with E-state index in [-0.39, 0.29) is 28.9 Å². The van der Waals surface area contributed by atoms with Gasteiger partial charge in [0.05, 0.1) is 41.0 Å². The molecule has 3 heterocycles. The Morgan fingerprint density at radius 1 is 1.21 bits per heavy atom. The molecule has 1 spiro atoms. The number of carbonyl (C=O) groups is 1. The molecule has 2 aromatic heterocycles. The lowest BCUT2D eigenvalue weighted by molar-refractivity contribution is -0.0365. The molecule has 1 aromatic carbocycles. The van der Waals surface area contributed by atoms with Gasteiger partial charge in [0.1, 0.15) is 11.6 Å². The zero-order valence-corrected chi connectivity index (χ0v) is 17.6. The second kappa shape index (κ2) is 8.00. The summed E-state index contributed by atoms with van der Waals surface area (Å²) in [7, 11) is 0. The van der Waals surface area contributed by atoms with Crippen molar-refractivity contribution >= 4 is 17.3 Å². The zero-order chi connectivity index (χ0) is 23.2. The van der Waals surface area contributed by atoms with E-state index in [9.17, 15) is 13.6 Å². The van der Waals surface area contributed by atoms with Gasteiger partial charge in [0.25, 0.3) is 5.91 Å². The van der Waals surface area contributed by atoms with Crippen LogP contribution in [0.4, 0.5) is 20.2 Å². The number of amides is 1. The molecule has 1 saturated heterocycles. The molecule has 0 radical (unpaired) electrons. The van der Waals surface area contributed by atoms with E-state index in [1.165, 1.54) is 12.3 Å². The standard InChI is InChI=1S/C24H21F2N5O2/c1-13-5-6-19(33-24(13)8-9-24)14-7-10-28-12-18(14)30-23(32)21-17(27)11-29-22(31-21)20-15(25)3-2-4-16(20)26/h2-4,7,10-12,19H,1,5-6,8-9,27H2,(H,30,32). The Morgan fingerprint density at radius 2 is 1.97 bits per heavy atom. The van der Waals surface area contributed by atoms with Crippen LogP contribution in [0.1, 0.15) is 47.8 Å². The maximum atomic E-state index is 14.2. The molecule has 3 aromatic rings. The van der Waals surface area contributed by atoms with Gasteiger partial charge in [-0.2, -0.15) is 0 Å². The van der Waals surface area contributed by atoms with Gasteiger partial charge in [-0.3, -0.25) is 9.78 Å². The summed E-state index contributed by atoms with van der Waals surface area (Å²) in [5.41, 5.74) is 7.34. The van der Waals surface area contributed by atoms with Crippen molar-refractivity contribution in [3.05, 3.63) is 77.9 Å². The first-order valence-corrected chi connectivity index (χ1v) is 10.6. The van der Waals surface area contributed by atoms with E-state index >= 15 is 0 Å². The van der Waals surface area contributed by atoms with E-state index < -0.39 is 23.1 Å². The number of halogens is 2. The van der Waals surface area contributed by atoms with Crippen LogP contribution in [-0.2, 0) is 4.74 Å². The summed E-state index contributed by atoms with van der Waals surface area (Å²) in [6, 6.07) is 5.21. The number of anilines is 2. The number of nitrogens with two attached hydrogens (primary N) is 1. The van der Waals surface area contributed by atoms with Crippen molar-refractivity contribution in [3.63, 3.8) is 0 Å². The number of ether oxygens (including phenoxy) is 1. The van der Waals surface area contributed by atoms with Crippen molar-refractivity contribution in [1.29, 1.82) is 0 Å². The molecule has 9 heteroatoms. The first-order chi connectivity index (χ1) is 15.9. The van der Waals surface area contributed by atoms with Gasteiger partial charge in [-0.25, -0.2) is 18.7 Å². The van der Waals surface area contributed by atoms with Crippen molar-refractivity contribution in [3.8, 4) is 11.4 Å². The Bertz CT molecular complexity index is 1260. The summed E-state index contributed by atoms with van der Waals surface area (Å²) >= 11 is 0. The van der Waals surface area contributed by atoms with E-state index in [2.05, 4.69) is 26.8 Å². The average Bonchev–Trinajstić information content (AvgIpc) is 3.57. The molecule has 2 fully saturated rings. The molecule has 0 bridgehead atoms. The Balaban J connectivity index is 1.44. The summed E-state index contributed by atoms with van der Waals surface area (Å²) in [5.74, 6) is -2.61. The van der Waals surface area contributed by atoms with Gasteiger partial charge in [0.2, 0.25) is 0 Å². The van der Waals surface area contributed by atoms with E-state index in [0.29, 0.717) is 5.69 Å². The van der Waals surface area contributed by atoms with Gasteiger partial charge in [0, 0.05) is 11.8 Å². The number of nitrogen functional groups attached to an aromatic ring is 1. The fourth-order valence-corrected chi connectivity index (χ4v) is 4.13. The van der Waals surface area contributed by atoms with Gasteiger partial charge >= 0.3 is 0 Å². The molecule has 33 heavy (non-hydrogen) atoms. The summed E-state index contributed by atoms with van der Waals surface area (Å²) in [4.78, 5) is 25.1. The van der Waals surface area contributed by atoms with Crippen LogP contribution in [0.2, 0.25) is 0 Å². The third-order valence-electron chi connectivity index (χ3n) is 6.09. The Hall–Kier alpha value is -3.72. The smallest absolute Gasteiger partial charge is 0.276 e. The highest BCUT2D eigenvalue weighted by atomic mass is 19.1. The number of aromatic nitrogens is 3. The van der Waals surface area contributed by atoms with E-state index in [4.69, 9.17) is 10.5 Å². The highest BCUT2D eigenvalue weighted by Crippen LogP contribution is 2.54. The minimum atomic E-state index is -0.842. The number of nitrogens with zero attached hydrogens (tertiary/aromatic N) is 3. The largest absolute Gasteiger partial charge is 0.396 e. The lowest BCUT2D eigenvalue weighted by atomic mass is 9.93. The van der Waals surface area contributed by atoms with Gasteiger partial charge in [-0.05, 0) is 49.5 Å². The molecule has 5 rings (SSSR count). The molecule has 1 amide bonds. The number of benzene rings is 1. The quantitative estimate of drug-likeness (QED) is 0.565. The lowest BCUT2D eigenvalue weighted by Crippen LogP contribution is -2.27. The SMILES string of the molecule is C=C1CCC(c2ccncc2NC(=O)c2nc(-c3c(F)cccc3F)ncc2N)OC12CC2. The first-order valence-electron chi connectivity index (χ1n) is 10.6. The average molecular weight is 449 g/mol. The second-order valence-electron chi connectivity index (χ2n) is 8.25. The molecular formula is C24H21F2N5O2. The first kappa shape index (κ1) is 21.1. The molecule has 1 unspecified atom stereocenters. The molecule has 1 aliphatic heterocycles. The highest BCUT2D eigenvalue weighted by molar-refractivity contribution is 6.06. The number of hydrogen-bond acceptors (Lipinski definition) is 6. The molecule has 168 valence electrons. The predicted octanol–water partition coefficient (Wildman–Crippen LogP) is 4.59. The minimum absolute atomic E-state index is 0.0272. The third-order valence-corrected chi connectivity index (χ3v) is 6.09. The summed E-state index contributed by atoms with van der Waals surface area (Å²) in [6.45, 7) is 4.13. The van der Waals surface area contributed by atoms with Crippen molar-refractivity contribution in [2.24, 2.45) is 0 Å². The molecule has 2 aliphatic rings. The van der Waals surface area contributed by atoms with Gasteiger partial charge in [0.15, 0.2) is 11.5 Å². The molecule has 1 saturated carbocycles. The summed E-state index contributed by atoms with van der Waals surface area (Å²) < 4.78 is 34.7. The minimum Gasteiger partial charge on any atom is -0.396 e. The van der Waals surface area contributed by atoms with Gasteiger partial charge < -0.3 is 15.8 Å². The van der Waals surface area contributed by atoms with Gasteiger partial charge in [-0.15, -0.1) is 0 Å². The fourth-order valence-electron chi connectivity index (χ4n) is 4.13. The van der Waals surface area contributed by atoms with Crippen LogP contribution < -0.4 is 11.1 Å². The summed E-state index contributed by atoms with van der Waals surface area (Å²) in [6.07, 6.45) is 7.56. The van der Waals surface area contributed by atoms with Crippen LogP contribution in [0.25, 0.3) is 11.4 Å². The Labute approximate surface area is 188 Å². The van der Waals surface area contributed by atoms with Gasteiger partial charge in [-0.1, -0.05) is 12.6 Å². The van der Waals surface area contributed by atoms with Crippen LogP contribution in [0, 0.1) is 11.6 Å². The molecule has 1 atom stereocenters. The highest BCUT2D eigenvalue weighted by Gasteiger charge is 2.50. The van der Waals surface area contributed by atoms with Crippen LogP contribution >= 0.6 is 0 Å². The Kier molecular flexibility index (Phi) is 5.13. The molecule has 1 aliphatic carbocycles. The zero-order valence-electron chi connectivity index (χ0n) is 17.6. The van der Waals surface area contributed by atoms with Crippen molar-refractivity contribution in [2.45, 2.75) is 37.4 Å². The Morgan fingerprint density at radius 3 is 2.70 bits per heavy atom. The third kappa shape index (κ3) is 3.84. The number of carbonyl (C=O) groups excluding carboxylic acids is 1. The van der Waals surface area contributed by atoms with E-state index in [0.717, 1.165) is 55.1 Å². The van der Waals surface area contributed by atoms with Crippen molar-refractivity contribution in [1.82, 2.24) is 15.0 Å². The topological polar surface area (TPSA) is 103 Å². The van der Waals surface area contributed by atoms with Crippen molar-refractivity contribution in [2.75, 3.05) is 11.1 Å². The summed E-state index contributed by atoms with van der Waals surface area (Å²) in [5, 5.41) is 2.77. The normalized spacial score (nSPS) is 18.8. The molecule has 7 nitrogen and oxygen atoms in total. The number of rotatable bonds is 4. The maximum Gasteiger partial charge on any atom is 0.276 e. The van der Waals surface area contributed by atoms with Crippen LogP contribution in [-0.4, -0.2) is 26.5 Å². The van der Waals surface area contributed by atoms with Crippen LogP contribution in [0.15, 0.2) is 55.0 Å². The monoisotopic (exact) mass is 449 g/mol. The van der Waals surface area contributed by atoms with Crippen LogP contribution in [0.3, 0.4) is 0 Å². The fraction of sp³-hybridized carbons (Fsp3) is 0.250. The molecule has 3 N–H and O–H groups in total. The number of pyridine rings is 1. The van der Waals surface area contributed by atoms with Crippen molar-refractivity contribution < 1.29 is 18.3 Å². The second-order valence-corrected chi connectivity index (χ2v) is 8.25. The van der Waals surface area contributed by atoms with Crippen LogP contribution in [0.5, 0.6) is 0 Å². The number of nitrogens with one attached hydrogen (secondary N) is 1.